The van der Waals surface area contributed by atoms with E-state index in [1.165, 1.54) is 6.92 Å². The van der Waals surface area contributed by atoms with Crippen LogP contribution in [-0.4, -0.2) is 36.2 Å². The molecular weight excluding hydrogens is 240 g/mol. The van der Waals surface area contributed by atoms with Crippen molar-refractivity contribution in [3.63, 3.8) is 0 Å². The Bertz CT molecular complexity index is 308. The number of rotatable bonds is 6. The number of carboxylic acids is 1. The first kappa shape index (κ1) is 18.0. The molecule has 0 aromatic rings. The van der Waals surface area contributed by atoms with Gasteiger partial charge in [-0.2, -0.15) is 0 Å². The van der Waals surface area contributed by atoms with E-state index in [1.54, 1.807) is 0 Å². The van der Waals surface area contributed by atoms with Crippen LogP contribution < -0.4 is 0 Å². The van der Waals surface area contributed by atoms with Crippen LogP contribution in [0.5, 0.6) is 0 Å². The predicted octanol–water partition coefficient (Wildman–Crippen LogP) is 1.09. The van der Waals surface area contributed by atoms with Crippen molar-refractivity contribution in [1.29, 1.82) is 0 Å². The lowest BCUT2D eigenvalue weighted by Crippen LogP contribution is -2.10. The Kier molecular flexibility index (Phi) is 11.1. The molecule has 0 rings (SSSR count). The molecule has 0 aliphatic carbocycles. The molecule has 100 valence electrons. The summed E-state index contributed by atoms with van der Waals surface area (Å²) in [4.78, 5) is 30.4. The molecule has 0 aromatic heterocycles. The van der Waals surface area contributed by atoms with Crippen LogP contribution in [0.25, 0.3) is 0 Å². The molecule has 18 heavy (non-hydrogen) atoms. The van der Waals surface area contributed by atoms with Gasteiger partial charge < -0.3 is 14.6 Å². The highest BCUT2D eigenvalue weighted by Crippen LogP contribution is 1.83. The van der Waals surface area contributed by atoms with Crippen LogP contribution >= 0.6 is 0 Å². The Morgan fingerprint density at radius 3 is 1.50 bits per heavy atom. The third-order valence-electron chi connectivity index (χ3n) is 1.27. The van der Waals surface area contributed by atoms with Gasteiger partial charge >= 0.3 is 17.9 Å². The van der Waals surface area contributed by atoms with Gasteiger partial charge in [-0.3, -0.25) is 0 Å². The number of esters is 2. The number of carbonyl (C=O) groups excluding carboxylic acids is 2. The van der Waals surface area contributed by atoms with Gasteiger partial charge in [-0.25, -0.2) is 14.4 Å². The average Bonchev–Trinajstić information content (AvgIpc) is 2.34. The Balaban J connectivity index is 0. The molecule has 0 atom stereocenters. The lowest BCUT2D eigenvalue weighted by Gasteiger charge is -2.01. The van der Waals surface area contributed by atoms with Crippen LogP contribution in [0.1, 0.15) is 6.92 Å². The third kappa shape index (κ3) is 13.6. The molecule has 0 aliphatic heterocycles. The summed E-state index contributed by atoms with van der Waals surface area (Å²) < 4.78 is 9.04. The summed E-state index contributed by atoms with van der Waals surface area (Å²) >= 11 is 0. The lowest BCUT2D eigenvalue weighted by atomic mass is 10.4. The summed E-state index contributed by atoms with van der Waals surface area (Å²) in [5.41, 5.74) is 0.176. The van der Waals surface area contributed by atoms with Gasteiger partial charge in [-0.15, -0.1) is 0 Å². The van der Waals surface area contributed by atoms with Crippen LogP contribution in [0.2, 0.25) is 0 Å². The Labute approximate surface area is 105 Å². The minimum Gasteiger partial charge on any atom is -0.478 e. The molecule has 1 N–H and O–H groups in total. The van der Waals surface area contributed by atoms with Crippen LogP contribution in [0, 0.1) is 0 Å². The van der Waals surface area contributed by atoms with Crippen molar-refractivity contribution in [3.8, 4) is 0 Å². The average molecular weight is 256 g/mol. The second kappa shape index (κ2) is 11.1. The number of carboxylic acid groups (broad SMARTS) is 1. The minimum absolute atomic E-state index is 0.0322. The van der Waals surface area contributed by atoms with Crippen molar-refractivity contribution in [2.24, 2.45) is 0 Å². The molecule has 0 fully saturated rings. The van der Waals surface area contributed by atoms with Crippen LogP contribution in [-0.2, 0) is 23.9 Å². The molecule has 6 nitrogen and oxygen atoms in total. The quantitative estimate of drug-likeness (QED) is 0.434. The Morgan fingerprint density at radius 2 is 1.33 bits per heavy atom. The van der Waals surface area contributed by atoms with E-state index in [4.69, 9.17) is 5.11 Å². The first-order valence-corrected chi connectivity index (χ1v) is 4.82. The van der Waals surface area contributed by atoms with E-state index in [2.05, 4.69) is 29.2 Å². The third-order valence-corrected chi connectivity index (χ3v) is 1.27. The van der Waals surface area contributed by atoms with Gasteiger partial charge in [0.25, 0.3) is 0 Å². The van der Waals surface area contributed by atoms with Crippen molar-refractivity contribution < 1.29 is 29.0 Å². The summed E-state index contributed by atoms with van der Waals surface area (Å²) in [6, 6.07) is 0. The second-order valence-electron chi connectivity index (χ2n) is 2.83. The van der Waals surface area contributed by atoms with Crippen molar-refractivity contribution in [2.75, 3.05) is 13.2 Å². The maximum Gasteiger partial charge on any atom is 0.330 e. The molecule has 0 saturated carbocycles. The van der Waals surface area contributed by atoms with Gasteiger partial charge in [0.05, 0.1) is 0 Å². The first-order valence-electron chi connectivity index (χ1n) is 4.82. The maximum absolute atomic E-state index is 10.4. The summed E-state index contributed by atoms with van der Waals surface area (Å²) in [7, 11) is 0. The van der Waals surface area contributed by atoms with Crippen LogP contribution in [0.15, 0.2) is 37.5 Å². The number of aliphatic carboxylic acids is 1. The van der Waals surface area contributed by atoms with Crippen molar-refractivity contribution in [2.45, 2.75) is 6.92 Å². The van der Waals surface area contributed by atoms with Gasteiger partial charge in [0.15, 0.2) is 0 Å². The lowest BCUT2D eigenvalue weighted by molar-refractivity contribution is -0.146. The molecule has 0 spiro atoms. The second-order valence-corrected chi connectivity index (χ2v) is 2.83. The molecule has 0 saturated heterocycles. The van der Waals surface area contributed by atoms with Crippen molar-refractivity contribution in [3.05, 3.63) is 37.5 Å². The standard InChI is InChI=1S/C8H10O4.C4H6O2/c1-3-7(9)11-5-6-12-8(10)4-2;1-3(2)4(5)6/h3-4H,1-2,5-6H2;1H2,2H3,(H,5,6). The summed E-state index contributed by atoms with van der Waals surface area (Å²) in [5.74, 6) is -2.01. The van der Waals surface area contributed by atoms with E-state index in [0.29, 0.717) is 0 Å². The predicted molar refractivity (Wildman–Crippen MR) is 64.8 cm³/mol. The van der Waals surface area contributed by atoms with Gasteiger partial charge in [0.2, 0.25) is 0 Å². The van der Waals surface area contributed by atoms with Crippen LogP contribution in [0.3, 0.4) is 0 Å². The van der Waals surface area contributed by atoms with Crippen molar-refractivity contribution >= 4 is 17.9 Å². The molecular formula is C12H16O6. The van der Waals surface area contributed by atoms with Crippen LogP contribution in [0.4, 0.5) is 0 Å². The Morgan fingerprint density at radius 1 is 1.06 bits per heavy atom. The molecule has 6 heteroatoms. The van der Waals surface area contributed by atoms with Crippen molar-refractivity contribution in [1.82, 2.24) is 0 Å². The highest BCUT2D eigenvalue weighted by atomic mass is 16.6. The van der Waals surface area contributed by atoms with E-state index in [0.717, 1.165) is 12.2 Å². The van der Waals surface area contributed by atoms with Gasteiger partial charge in [-0.1, -0.05) is 19.7 Å². The Hall–Kier alpha value is -2.37. The monoisotopic (exact) mass is 256 g/mol. The zero-order valence-corrected chi connectivity index (χ0v) is 10.2. The molecule has 0 aliphatic rings. The van der Waals surface area contributed by atoms with E-state index >= 15 is 0 Å². The highest BCUT2D eigenvalue weighted by molar-refractivity contribution is 5.84. The minimum atomic E-state index is -0.935. The summed E-state index contributed by atoms with van der Waals surface area (Å²) in [6.45, 7) is 11.1. The van der Waals surface area contributed by atoms with Gasteiger partial charge in [-0.05, 0) is 6.92 Å². The maximum atomic E-state index is 10.4. The SMILES string of the molecule is C=C(C)C(=O)O.C=CC(=O)OCCOC(=O)C=C. The fraction of sp³-hybridized carbons (Fsp3) is 0.250. The van der Waals surface area contributed by atoms with E-state index in [9.17, 15) is 14.4 Å². The largest absolute Gasteiger partial charge is 0.478 e. The van der Waals surface area contributed by atoms with Gasteiger partial charge in [0, 0.05) is 17.7 Å². The number of hydrogen-bond donors (Lipinski definition) is 1. The molecule has 0 aromatic carbocycles. The van der Waals surface area contributed by atoms with E-state index < -0.39 is 17.9 Å². The molecule has 0 bridgehead atoms. The fourth-order valence-electron chi connectivity index (χ4n) is 0.402. The van der Waals surface area contributed by atoms with Gasteiger partial charge in [0.1, 0.15) is 13.2 Å². The molecule has 0 radical (unpaired) electrons. The molecule has 0 amide bonds. The fourth-order valence-corrected chi connectivity index (χ4v) is 0.402. The summed E-state index contributed by atoms with van der Waals surface area (Å²) in [5, 5.41) is 7.89. The number of ether oxygens (including phenoxy) is 2. The van der Waals surface area contributed by atoms with E-state index in [-0.39, 0.29) is 18.8 Å². The number of carbonyl (C=O) groups is 3. The first-order chi connectivity index (χ1) is 8.34. The molecule has 0 heterocycles. The zero-order valence-electron chi connectivity index (χ0n) is 10.2. The topological polar surface area (TPSA) is 89.9 Å². The van der Waals surface area contributed by atoms with E-state index in [1.807, 2.05) is 0 Å². The number of hydrogen-bond acceptors (Lipinski definition) is 5. The zero-order chi connectivity index (χ0) is 14.6. The summed E-state index contributed by atoms with van der Waals surface area (Å²) in [6.07, 6.45) is 2.07. The smallest absolute Gasteiger partial charge is 0.330 e. The normalized spacial score (nSPS) is 8.06. The highest BCUT2D eigenvalue weighted by Gasteiger charge is 1.97. The molecule has 0 unspecified atom stereocenters.